The molecule has 2 saturated heterocycles. The minimum absolute atomic E-state index is 0.146. The van der Waals surface area contributed by atoms with Crippen molar-refractivity contribution in [2.75, 3.05) is 26.2 Å². The lowest BCUT2D eigenvalue weighted by atomic mass is 9.99. The molecule has 4 heteroatoms. The number of likely N-dealkylation sites (tertiary alicyclic amines) is 2. The molecule has 2 aliphatic heterocycles. The molecule has 2 fully saturated rings. The maximum atomic E-state index is 12.0. The minimum atomic E-state index is -0.310. The number of hydrogen-bond donors (Lipinski definition) is 1. The fourth-order valence-corrected chi connectivity index (χ4v) is 2.51. The Hall–Kier alpha value is -0.610. The van der Waals surface area contributed by atoms with E-state index in [1.54, 1.807) is 0 Å². The summed E-state index contributed by atoms with van der Waals surface area (Å²) in [5.41, 5.74) is 6.02. The second-order valence-electron chi connectivity index (χ2n) is 4.68. The van der Waals surface area contributed by atoms with Crippen molar-refractivity contribution in [1.29, 1.82) is 0 Å². The zero-order valence-corrected chi connectivity index (χ0v) is 9.19. The van der Waals surface area contributed by atoms with E-state index in [0.29, 0.717) is 5.92 Å². The molecule has 0 aliphatic carbocycles. The molecule has 2 atom stereocenters. The molecule has 0 aromatic carbocycles. The molecule has 4 nitrogen and oxygen atoms in total. The Morgan fingerprint density at radius 2 is 2.00 bits per heavy atom. The number of rotatable bonds is 2. The van der Waals surface area contributed by atoms with Gasteiger partial charge in [0.1, 0.15) is 0 Å². The minimum Gasteiger partial charge on any atom is -0.459 e. The van der Waals surface area contributed by atoms with Crippen LogP contribution in [0.25, 0.3) is 0 Å². The lowest BCUT2D eigenvalue weighted by Crippen LogP contribution is -2.47. The summed E-state index contributed by atoms with van der Waals surface area (Å²) in [5.74, 6) is 0.448. The van der Waals surface area contributed by atoms with Gasteiger partial charge in [-0.05, 0) is 38.3 Å². The van der Waals surface area contributed by atoms with Gasteiger partial charge in [-0.3, -0.25) is 11.8 Å². The van der Waals surface area contributed by atoms with Crippen molar-refractivity contribution >= 4 is 5.91 Å². The zero-order chi connectivity index (χ0) is 10.8. The fraction of sp³-hybridized carbons (Fsp3) is 0.818. The van der Waals surface area contributed by atoms with Crippen LogP contribution in [0.4, 0.5) is 0 Å². The molecule has 0 radical (unpaired) electrons. The first-order chi connectivity index (χ1) is 7.18. The van der Waals surface area contributed by atoms with E-state index in [4.69, 9.17) is 5.73 Å². The highest BCUT2D eigenvalue weighted by molar-refractivity contribution is 5.82. The molecular weight excluding hydrogens is 190 g/mol. The number of hydrogen-bond acceptors (Lipinski definition) is 3. The molecule has 86 valence electrons. The van der Waals surface area contributed by atoms with E-state index in [1.807, 2.05) is 9.80 Å². The van der Waals surface area contributed by atoms with Crippen LogP contribution in [0.5, 0.6) is 0 Å². The number of carbonyl (C=O) groups excluding carboxylic acids is 1. The Morgan fingerprint density at radius 3 is 2.53 bits per heavy atom. The van der Waals surface area contributed by atoms with E-state index in [1.165, 1.54) is 0 Å². The maximum absolute atomic E-state index is 12.0. The second-order valence-corrected chi connectivity index (χ2v) is 4.68. The first-order valence-corrected chi connectivity index (χ1v) is 5.78. The van der Waals surface area contributed by atoms with Gasteiger partial charge in [0.05, 0.1) is 6.04 Å². The molecule has 0 spiro atoms. The first-order valence-electron chi connectivity index (χ1n) is 5.78. The standard InChI is InChI=1S/C11H20N3O/c1-13-7-4-9(8-13)10(12)11(15)14-5-2-3-6-14/h9-10H,1-8,12H2/q-1. The van der Waals surface area contributed by atoms with Crippen molar-refractivity contribution in [3.8, 4) is 0 Å². The van der Waals surface area contributed by atoms with Crippen LogP contribution < -0.4 is 5.73 Å². The van der Waals surface area contributed by atoms with E-state index >= 15 is 0 Å². The van der Waals surface area contributed by atoms with Gasteiger partial charge in [-0.25, -0.2) is 0 Å². The van der Waals surface area contributed by atoms with Gasteiger partial charge in [-0.1, -0.05) is 0 Å². The third-order valence-electron chi connectivity index (χ3n) is 3.52. The number of nitrogens with zero attached hydrogens (tertiary/aromatic N) is 2. The van der Waals surface area contributed by atoms with E-state index in [-0.39, 0.29) is 11.9 Å². The van der Waals surface area contributed by atoms with Crippen molar-refractivity contribution in [3.63, 3.8) is 0 Å². The van der Waals surface area contributed by atoms with Gasteiger partial charge in [0.25, 0.3) is 0 Å². The summed E-state index contributed by atoms with van der Waals surface area (Å²) in [4.78, 5) is 15.9. The van der Waals surface area contributed by atoms with Crippen LogP contribution in [-0.4, -0.2) is 47.9 Å². The van der Waals surface area contributed by atoms with Gasteiger partial charge in [0.15, 0.2) is 0 Å². The van der Waals surface area contributed by atoms with Gasteiger partial charge >= 0.3 is 0 Å². The Kier molecular flexibility index (Phi) is 3.26. The lowest BCUT2D eigenvalue weighted by molar-refractivity contribution is -0.132. The van der Waals surface area contributed by atoms with E-state index in [0.717, 1.165) is 45.4 Å². The number of amides is 1. The van der Waals surface area contributed by atoms with Gasteiger partial charge in [0, 0.05) is 13.1 Å². The predicted molar refractivity (Wildman–Crippen MR) is 58.8 cm³/mol. The highest BCUT2D eigenvalue weighted by atomic mass is 16.2. The van der Waals surface area contributed by atoms with Crippen LogP contribution in [0.15, 0.2) is 0 Å². The summed E-state index contributed by atoms with van der Waals surface area (Å²) in [6.07, 6.45) is 3.26. The van der Waals surface area contributed by atoms with E-state index in [2.05, 4.69) is 7.05 Å². The third-order valence-corrected chi connectivity index (χ3v) is 3.52. The van der Waals surface area contributed by atoms with Crippen LogP contribution >= 0.6 is 0 Å². The smallest absolute Gasteiger partial charge is 0.239 e. The Bertz CT molecular complexity index is 238. The molecule has 0 saturated carbocycles. The summed E-state index contributed by atoms with van der Waals surface area (Å²) in [5, 5.41) is 0. The summed E-state index contributed by atoms with van der Waals surface area (Å²) in [6, 6.07) is -0.310. The Morgan fingerprint density at radius 1 is 1.33 bits per heavy atom. The SMILES string of the molecule is [CH2-]N1CCC(C(N)C(=O)N2CCCC2)C1. The monoisotopic (exact) mass is 210 g/mol. The molecule has 2 rings (SSSR count). The molecule has 0 bridgehead atoms. The van der Waals surface area contributed by atoms with Crippen molar-refractivity contribution < 1.29 is 4.79 Å². The highest BCUT2D eigenvalue weighted by Crippen LogP contribution is 2.20. The predicted octanol–water partition coefficient (Wildman–Crippen LogP) is 0.0496. The van der Waals surface area contributed by atoms with Gasteiger partial charge in [0.2, 0.25) is 5.91 Å². The first kappa shape index (κ1) is 10.9. The van der Waals surface area contributed by atoms with Crippen LogP contribution in [0.2, 0.25) is 0 Å². The molecule has 0 aromatic heterocycles. The summed E-state index contributed by atoms with van der Waals surface area (Å²) >= 11 is 0. The number of carbonyl (C=O) groups is 1. The van der Waals surface area contributed by atoms with Gasteiger partial charge < -0.3 is 15.5 Å². The largest absolute Gasteiger partial charge is 0.459 e. The number of nitrogens with two attached hydrogens (primary N) is 1. The van der Waals surface area contributed by atoms with Crippen molar-refractivity contribution in [2.45, 2.75) is 25.3 Å². The Balaban J connectivity index is 1.89. The van der Waals surface area contributed by atoms with E-state index < -0.39 is 0 Å². The van der Waals surface area contributed by atoms with E-state index in [9.17, 15) is 4.79 Å². The van der Waals surface area contributed by atoms with Gasteiger partial charge in [-0.2, -0.15) is 0 Å². The zero-order valence-electron chi connectivity index (χ0n) is 9.19. The van der Waals surface area contributed by atoms with Crippen molar-refractivity contribution in [1.82, 2.24) is 9.80 Å². The van der Waals surface area contributed by atoms with Gasteiger partial charge in [-0.15, -0.1) is 0 Å². The molecule has 2 unspecified atom stereocenters. The molecule has 0 aromatic rings. The van der Waals surface area contributed by atoms with Crippen LogP contribution in [0.3, 0.4) is 0 Å². The third kappa shape index (κ3) is 2.32. The van der Waals surface area contributed by atoms with Crippen molar-refractivity contribution in [3.05, 3.63) is 7.05 Å². The van der Waals surface area contributed by atoms with Crippen LogP contribution in [0, 0.1) is 13.0 Å². The maximum Gasteiger partial charge on any atom is 0.239 e. The van der Waals surface area contributed by atoms with Crippen LogP contribution in [-0.2, 0) is 4.79 Å². The summed E-state index contributed by atoms with van der Waals surface area (Å²) in [6.45, 7) is 3.62. The second kappa shape index (κ2) is 4.49. The topological polar surface area (TPSA) is 49.6 Å². The molecule has 2 aliphatic rings. The quantitative estimate of drug-likeness (QED) is 0.655. The molecule has 15 heavy (non-hydrogen) atoms. The fourth-order valence-electron chi connectivity index (χ4n) is 2.51. The lowest BCUT2D eigenvalue weighted by Gasteiger charge is -2.25. The highest BCUT2D eigenvalue weighted by Gasteiger charge is 2.31. The van der Waals surface area contributed by atoms with Crippen molar-refractivity contribution in [2.24, 2.45) is 11.7 Å². The summed E-state index contributed by atoms with van der Waals surface area (Å²) in [7, 11) is 3.88. The summed E-state index contributed by atoms with van der Waals surface area (Å²) < 4.78 is 0. The molecule has 1 amide bonds. The molecule has 2 N–H and O–H groups in total. The molecular formula is C11H20N3O-. The Labute approximate surface area is 91.4 Å². The average Bonchev–Trinajstić information content (AvgIpc) is 2.85. The van der Waals surface area contributed by atoms with Crippen LogP contribution in [0.1, 0.15) is 19.3 Å². The average molecular weight is 210 g/mol. The molecule has 2 heterocycles. The normalized spacial score (nSPS) is 29.7.